The fourth-order valence-corrected chi connectivity index (χ4v) is 3.48. The highest BCUT2D eigenvalue weighted by atomic mass is 35.5. The Kier molecular flexibility index (Phi) is 3.96. The average molecular weight is 249 g/mol. The van der Waals surface area contributed by atoms with Crippen molar-refractivity contribution in [1.29, 1.82) is 0 Å². The molecule has 1 saturated heterocycles. The molecule has 0 radical (unpaired) electrons. The summed E-state index contributed by atoms with van der Waals surface area (Å²) < 4.78 is 0.615. The Balaban J connectivity index is 1.76. The molecule has 78 valence electrons. The van der Waals surface area contributed by atoms with Crippen molar-refractivity contribution in [2.75, 3.05) is 17.6 Å². The van der Waals surface area contributed by atoms with Gasteiger partial charge < -0.3 is 5.32 Å². The fourth-order valence-electron chi connectivity index (χ4n) is 1.52. The number of nitrogens with zero attached hydrogens (tertiary/aromatic N) is 1. The van der Waals surface area contributed by atoms with Gasteiger partial charge in [0.05, 0.1) is 0 Å². The normalized spacial score (nSPS) is 22.2. The van der Waals surface area contributed by atoms with Crippen LogP contribution in [0.3, 0.4) is 0 Å². The zero-order valence-electron chi connectivity index (χ0n) is 7.83. The number of rotatable bonds is 3. The van der Waals surface area contributed by atoms with E-state index in [9.17, 15) is 0 Å². The van der Waals surface area contributed by atoms with Crippen molar-refractivity contribution in [2.45, 2.75) is 24.5 Å². The minimum absolute atomic E-state index is 0.615. The molecule has 0 saturated carbocycles. The van der Waals surface area contributed by atoms with Crippen LogP contribution in [0.15, 0.2) is 5.38 Å². The second-order valence-corrected chi connectivity index (χ2v) is 6.20. The summed E-state index contributed by atoms with van der Waals surface area (Å²) >= 11 is 9.29. The van der Waals surface area contributed by atoms with Crippen LogP contribution in [-0.4, -0.2) is 22.5 Å². The third kappa shape index (κ3) is 3.04. The van der Waals surface area contributed by atoms with Gasteiger partial charge in [0.15, 0.2) is 4.47 Å². The summed E-state index contributed by atoms with van der Waals surface area (Å²) in [6.07, 6.45) is 4.08. The quantitative estimate of drug-likeness (QED) is 0.887. The molecule has 2 heterocycles. The predicted octanol–water partition coefficient (Wildman–Crippen LogP) is 3.49. The van der Waals surface area contributed by atoms with Crippen molar-refractivity contribution < 1.29 is 0 Å². The molecule has 1 unspecified atom stereocenters. The second kappa shape index (κ2) is 5.24. The van der Waals surface area contributed by atoms with Crippen LogP contribution in [0.4, 0.5) is 5.82 Å². The van der Waals surface area contributed by atoms with Gasteiger partial charge in [0, 0.05) is 17.2 Å². The maximum Gasteiger partial charge on any atom is 0.185 e. The molecule has 0 aromatic carbocycles. The minimum Gasteiger partial charge on any atom is -0.368 e. The molecule has 14 heavy (non-hydrogen) atoms. The van der Waals surface area contributed by atoms with Gasteiger partial charge in [-0.15, -0.1) is 11.3 Å². The van der Waals surface area contributed by atoms with Crippen LogP contribution >= 0.6 is 34.7 Å². The van der Waals surface area contributed by atoms with Crippen molar-refractivity contribution in [1.82, 2.24) is 4.98 Å². The van der Waals surface area contributed by atoms with E-state index in [0.717, 1.165) is 17.6 Å². The fraction of sp³-hybridized carbons (Fsp3) is 0.667. The largest absolute Gasteiger partial charge is 0.368 e. The van der Waals surface area contributed by atoms with Crippen molar-refractivity contribution in [3.05, 3.63) is 9.85 Å². The number of nitrogens with one attached hydrogen (secondary N) is 1. The summed E-state index contributed by atoms with van der Waals surface area (Å²) in [5.74, 6) is 2.23. The summed E-state index contributed by atoms with van der Waals surface area (Å²) in [6, 6.07) is 0. The van der Waals surface area contributed by atoms with Gasteiger partial charge in [-0.1, -0.05) is 18.0 Å². The van der Waals surface area contributed by atoms with E-state index in [4.69, 9.17) is 11.6 Å². The summed E-state index contributed by atoms with van der Waals surface area (Å²) in [6.45, 7) is 1.02. The summed E-state index contributed by atoms with van der Waals surface area (Å²) in [7, 11) is 0. The van der Waals surface area contributed by atoms with Crippen LogP contribution in [0.1, 0.15) is 19.3 Å². The maximum atomic E-state index is 5.74. The Morgan fingerprint density at radius 3 is 3.14 bits per heavy atom. The Hall–Kier alpha value is 0.0700. The molecule has 1 aliphatic heterocycles. The SMILES string of the molecule is Clc1nc(NCC2CCCCS2)cs1. The van der Waals surface area contributed by atoms with Crippen LogP contribution in [0.2, 0.25) is 4.47 Å². The van der Waals surface area contributed by atoms with Crippen molar-refractivity contribution in [3.8, 4) is 0 Å². The number of thioether (sulfide) groups is 1. The van der Waals surface area contributed by atoms with Gasteiger partial charge in [-0.2, -0.15) is 11.8 Å². The van der Waals surface area contributed by atoms with Gasteiger partial charge in [-0.05, 0) is 18.6 Å². The summed E-state index contributed by atoms with van der Waals surface area (Å²) in [5, 5.41) is 6.05. The average Bonchev–Trinajstić information content (AvgIpc) is 2.63. The predicted molar refractivity (Wildman–Crippen MR) is 65.7 cm³/mol. The van der Waals surface area contributed by atoms with E-state index < -0.39 is 0 Å². The summed E-state index contributed by atoms with van der Waals surface area (Å²) in [4.78, 5) is 4.16. The monoisotopic (exact) mass is 248 g/mol. The first-order chi connectivity index (χ1) is 6.84. The van der Waals surface area contributed by atoms with E-state index in [1.165, 1.54) is 36.4 Å². The molecule has 1 N–H and O–H groups in total. The third-order valence-corrected chi connectivity index (χ3v) is 4.64. The standard InChI is InChI=1S/C9H13ClN2S2/c10-9-12-8(6-14-9)11-5-7-3-1-2-4-13-7/h6-7,11H,1-5H2. The molecule has 0 amide bonds. The number of halogens is 1. The second-order valence-electron chi connectivity index (χ2n) is 3.36. The van der Waals surface area contributed by atoms with Gasteiger partial charge in [-0.25, -0.2) is 4.98 Å². The molecule has 5 heteroatoms. The van der Waals surface area contributed by atoms with E-state index in [-0.39, 0.29) is 0 Å². The Morgan fingerprint density at radius 2 is 2.50 bits per heavy atom. The lowest BCUT2D eigenvalue weighted by molar-refractivity contribution is 0.677. The molecule has 0 spiro atoms. The number of hydrogen-bond acceptors (Lipinski definition) is 4. The third-order valence-electron chi connectivity index (χ3n) is 2.26. The van der Waals surface area contributed by atoms with E-state index in [1.54, 1.807) is 0 Å². The van der Waals surface area contributed by atoms with Crippen molar-refractivity contribution >= 4 is 40.5 Å². The van der Waals surface area contributed by atoms with Crippen LogP contribution in [-0.2, 0) is 0 Å². The number of thiazole rings is 1. The molecule has 0 bridgehead atoms. The molecule has 0 aliphatic carbocycles. The number of hydrogen-bond donors (Lipinski definition) is 1. The number of anilines is 1. The molecular formula is C9H13ClN2S2. The Labute approximate surface area is 97.5 Å². The Morgan fingerprint density at radius 1 is 1.57 bits per heavy atom. The van der Waals surface area contributed by atoms with Crippen LogP contribution in [0.5, 0.6) is 0 Å². The first-order valence-corrected chi connectivity index (χ1v) is 7.12. The molecule has 1 aliphatic rings. The molecule has 1 aromatic rings. The lowest BCUT2D eigenvalue weighted by atomic mass is 10.2. The first-order valence-electron chi connectivity index (χ1n) is 4.81. The molecule has 1 fully saturated rings. The summed E-state index contributed by atoms with van der Waals surface area (Å²) in [5.41, 5.74) is 0. The van der Waals surface area contributed by atoms with E-state index in [1.807, 2.05) is 5.38 Å². The van der Waals surface area contributed by atoms with E-state index in [0.29, 0.717) is 4.47 Å². The van der Waals surface area contributed by atoms with Gasteiger partial charge in [-0.3, -0.25) is 0 Å². The first kappa shape index (κ1) is 10.6. The van der Waals surface area contributed by atoms with Gasteiger partial charge in [0.25, 0.3) is 0 Å². The molecule has 2 rings (SSSR count). The highest BCUT2D eigenvalue weighted by Gasteiger charge is 2.13. The lowest BCUT2D eigenvalue weighted by Gasteiger charge is -2.21. The Bertz CT molecular complexity index is 284. The van der Waals surface area contributed by atoms with E-state index in [2.05, 4.69) is 22.1 Å². The lowest BCUT2D eigenvalue weighted by Crippen LogP contribution is -2.20. The zero-order chi connectivity index (χ0) is 9.80. The molecular weight excluding hydrogens is 236 g/mol. The van der Waals surface area contributed by atoms with Gasteiger partial charge in [0.2, 0.25) is 0 Å². The van der Waals surface area contributed by atoms with Gasteiger partial charge >= 0.3 is 0 Å². The number of aromatic nitrogens is 1. The van der Waals surface area contributed by atoms with E-state index >= 15 is 0 Å². The zero-order valence-corrected chi connectivity index (χ0v) is 10.2. The smallest absolute Gasteiger partial charge is 0.185 e. The van der Waals surface area contributed by atoms with Crippen LogP contribution in [0, 0.1) is 0 Å². The minimum atomic E-state index is 0.615. The maximum absolute atomic E-state index is 5.74. The van der Waals surface area contributed by atoms with Gasteiger partial charge in [0.1, 0.15) is 5.82 Å². The highest BCUT2D eigenvalue weighted by molar-refractivity contribution is 7.99. The molecule has 1 atom stereocenters. The molecule has 1 aromatic heterocycles. The van der Waals surface area contributed by atoms with Crippen molar-refractivity contribution in [2.24, 2.45) is 0 Å². The van der Waals surface area contributed by atoms with Crippen LogP contribution < -0.4 is 5.32 Å². The van der Waals surface area contributed by atoms with Crippen LogP contribution in [0.25, 0.3) is 0 Å². The topological polar surface area (TPSA) is 24.9 Å². The molecule has 2 nitrogen and oxygen atoms in total. The highest BCUT2D eigenvalue weighted by Crippen LogP contribution is 2.26. The van der Waals surface area contributed by atoms with Crippen molar-refractivity contribution in [3.63, 3.8) is 0 Å².